The molecule has 3 aliphatic rings. The number of anilines is 1. The van der Waals surface area contributed by atoms with Gasteiger partial charge in [0.2, 0.25) is 17.7 Å². The molecule has 8 heteroatoms. The summed E-state index contributed by atoms with van der Waals surface area (Å²) >= 11 is 0. The summed E-state index contributed by atoms with van der Waals surface area (Å²) in [5.74, 6) is -2.52. The summed E-state index contributed by atoms with van der Waals surface area (Å²) in [6, 6.07) is 14.4. The van der Waals surface area contributed by atoms with Crippen LogP contribution < -0.4 is 10.6 Å². The zero-order valence-electron chi connectivity index (χ0n) is 21.8. The molecule has 2 bridgehead atoms. The fourth-order valence-corrected chi connectivity index (χ4v) is 6.75. The van der Waals surface area contributed by atoms with E-state index in [9.17, 15) is 19.5 Å². The van der Waals surface area contributed by atoms with Crippen molar-refractivity contribution < 1.29 is 24.2 Å². The smallest absolute Gasteiger partial charge is 0.250 e. The summed E-state index contributed by atoms with van der Waals surface area (Å²) in [6.07, 6.45) is 0.481. The first-order chi connectivity index (χ1) is 17.6. The van der Waals surface area contributed by atoms with Crippen LogP contribution in [-0.4, -0.2) is 58.1 Å². The second-order valence-corrected chi connectivity index (χ2v) is 11.0. The highest BCUT2D eigenvalue weighted by molar-refractivity contribution is 6.04. The number of rotatable bonds is 7. The SMILES string of the molecule is Cc1ccc(C)c(NC(=O)C2N(CCO)C(=O)[C@@H]3[C@H](C(=O)NCc4ccccc4)[C@@]4(C)OC23CC4C)c1. The van der Waals surface area contributed by atoms with Gasteiger partial charge in [-0.2, -0.15) is 0 Å². The number of aliphatic hydroxyl groups is 1. The number of aliphatic hydroxyl groups excluding tert-OH is 1. The number of hydrogen-bond donors (Lipinski definition) is 3. The van der Waals surface area contributed by atoms with Gasteiger partial charge in [0.25, 0.3) is 0 Å². The summed E-state index contributed by atoms with van der Waals surface area (Å²) in [7, 11) is 0. The van der Waals surface area contributed by atoms with Gasteiger partial charge < -0.3 is 25.4 Å². The third-order valence-electron chi connectivity index (χ3n) is 8.65. The largest absolute Gasteiger partial charge is 0.395 e. The van der Waals surface area contributed by atoms with Crippen LogP contribution in [0.2, 0.25) is 0 Å². The molecule has 196 valence electrons. The van der Waals surface area contributed by atoms with Gasteiger partial charge in [-0.1, -0.05) is 49.4 Å². The van der Waals surface area contributed by atoms with Gasteiger partial charge in [0.1, 0.15) is 11.6 Å². The third-order valence-corrected chi connectivity index (χ3v) is 8.65. The maximum Gasteiger partial charge on any atom is 0.250 e. The number of likely N-dealkylation sites (tertiary alicyclic amines) is 1. The van der Waals surface area contributed by atoms with Gasteiger partial charge in [-0.25, -0.2) is 0 Å². The zero-order chi connectivity index (χ0) is 26.5. The van der Waals surface area contributed by atoms with E-state index in [1.807, 2.05) is 76.2 Å². The molecule has 3 unspecified atom stereocenters. The molecule has 0 saturated carbocycles. The molecule has 5 rings (SSSR count). The normalized spacial score (nSPS) is 31.9. The van der Waals surface area contributed by atoms with Crippen molar-refractivity contribution in [2.24, 2.45) is 17.8 Å². The molecule has 3 aliphatic heterocycles. The van der Waals surface area contributed by atoms with E-state index in [4.69, 9.17) is 4.74 Å². The lowest BCUT2D eigenvalue weighted by molar-refractivity contribution is -0.146. The molecule has 37 heavy (non-hydrogen) atoms. The molecular formula is C29H35N3O5. The molecule has 3 saturated heterocycles. The Labute approximate surface area is 217 Å². The number of nitrogens with zero attached hydrogens (tertiary/aromatic N) is 1. The van der Waals surface area contributed by atoms with Crippen molar-refractivity contribution in [3.05, 3.63) is 65.2 Å². The minimum absolute atomic E-state index is 0.00518. The quantitative estimate of drug-likeness (QED) is 0.536. The molecule has 6 atom stereocenters. The van der Waals surface area contributed by atoms with E-state index in [1.165, 1.54) is 4.90 Å². The van der Waals surface area contributed by atoms with Crippen molar-refractivity contribution in [3.63, 3.8) is 0 Å². The molecule has 3 fully saturated rings. The topological polar surface area (TPSA) is 108 Å². The number of carbonyl (C=O) groups excluding carboxylic acids is 3. The van der Waals surface area contributed by atoms with Crippen molar-refractivity contribution in [2.75, 3.05) is 18.5 Å². The predicted molar refractivity (Wildman–Crippen MR) is 138 cm³/mol. The van der Waals surface area contributed by atoms with Crippen molar-refractivity contribution in [1.82, 2.24) is 10.2 Å². The van der Waals surface area contributed by atoms with Gasteiger partial charge in [-0.05, 0) is 55.9 Å². The lowest BCUT2D eigenvalue weighted by Crippen LogP contribution is -2.54. The van der Waals surface area contributed by atoms with Gasteiger partial charge in [-0.3, -0.25) is 14.4 Å². The Morgan fingerprint density at radius 3 is 2.57 bits per heavy atom. The van der Waals surface area contributed by atoms with Gasteiger partial charge >= 0.3 is 0 Å². The average molecular weight is 506 g/mol. The van der Waals surface area contributed by atoms with Crippen LogP contribution in [0.25, 0.3) is 0 Å². The minimum Gasteiger partial charge on any atom is -0.395 e. The fourth-order valence-electron chi connectivity index (χ4n) is 6.75. The summed E-state index contributed by atoms with van der Waals surface area (Å²) in [6.45, 7) is 7.81. The molecule has 3 N–H and O–H groups in total. The van der Waals surface area contributed by atoms with Crippen LogP contribution in [0.15, 0.2) is 48.5 Å². The predicted octanol–water partition coefficient (Wildman–Crippen LogP) is 2.56. The standard InChI is InChI=1S/C29H35N3O5/c1-17-10-11-18(2)21(14-17)31-26(35)24-29-15-19(3)28(4,37-29)22(23(29)27(36)32(24)12-13-33)25(34)30-16-20-8-6-5-7-9-20/h5-11,14,19,22-24,33H,12-13,15-16H2,1-4H3,(H,30,34)(H,31,35)/t19?,22-,23+,24?,28+,29?/m1/s1. The van der Waals surface area contributed by atoms with E-state index in [0.717, 1.165) is 16.7 Å². The van der Waals surface area contributed by atoms with Crippen molar-refractivity contribution in [3.8, 4) is 0 Å². The number of carbonyl (C=O) groups is 3. The first-order valence-corrected chi connectivity index (χ1v) is 12.9. The Morgan fingerprint density at radius 1 is 1.14 bits per heavy atom. The van der Waals surface area contributed by atoms with Gasteiger partial charge in [0.05, 0.1) is 24.0 Å². The Kier molecular flexibility index (Phi) is 6.36. The molecule has 3 amide bonds. The van der Waals surface area contributed by atoms with E-state index >= 15 is 0 Å². The van der Waals surface area contributed by atoms with Gasteiger partial charge in [0, 0.05) is 18.8 Å². The monoisotopic (exact) mass is 505 g/mol. The van der Waals surface area contributed by atoms with Crippen LogP contribution in [0, 0.1) is 31.6 Å². The summed E-state index contributed by atoms with van der Waals surface area (Å²) in [5.41, 5.74) is 1.51. The van der Waals surface area contributed by atoms with Crippen LogP contribution in [0.3, 0.4) is 0 Å². The highest BCUT2D eigenvalue weighted by atomic mass is 16.5. The fraction of sp³-hybridized carbons (Fsp3) is 0.483. The molecule has 3 heterocycles. The number of ether oxygens (including phenoxy) is 1. The molecule has 1 spiro atoms. The first-order valence-electron chi connectivity index (χ1n) is 12.9. The van der Waals surface area contributed by atoms with Crippen molar-refractivity contribution in [1.29, 1.82) is 0 Å². The van der Waals surface area contributed by atoms with Crippen LogP contribution in [0.4, 0.5) is 5.69 Å². The molecular weight excluding hydrogens is 470 g/mol. The Morgan fingerprint density at radius 2 is 1.86 bits per heavy atom. The van der Waals surface area contributed by atoms with Crippen molar-refractivity contribution in [2.45, 2.75) is 57.9 Å². The summed E-state index contributed by atoms with van der Waals surface area (Å²) in [5, 5.41) is 15.8. The van der Waals surface area contributed by atoms with E-state index < -0.39 is 29.1 Å². The number of hydrogen-bond acceptors (Lipinski definition) is 5. The number of nitrogens with one attached hydrogen (secondary N) is 2. The minimum atomic E-state index is -1.14. The van der Waals surface area contributed by atoms with Crippen LogP contribution in [0.5, 0.6) is 0 Å². The van der Waals surface area contributed by atoms with Crippen LogP contribution >= 0.6 is 0 Å². The number of aryl methyl sites for hydroxylation is 2. The lowest BCUT2D eigenvalue weighted by Gasteiger charge is -2.36. The highest BCUT2D eigenvalue weighted by Crippen LogP contribution is 2.65. The Bertz CT molecular complexity index is 1230. The number of fused-ring (bicyclic) bond motifs is 1. The summed E-state index contributed by atoms with van der Waals surface area (Å²) < 4.78 is 6.68. The van der Waals surface area contributed by atoms with E-state index in [-0.39, 0.29) is 36.8 Å². The van der Waals surface area contributed by atoms with Crippen LogP contribution in [0.1, 0.15) is 37.0 Å². The number of benzene rings is 2. The molecule has 0 aromatic heterocycles. The lowest BCUT2D eigenvalue weighted by atomic mass is 9.62. The molecule has 0 radical (unpaired) electrons. The molecule has 2 aromatic rings. The summed E-state index contributed by atoms with van der Waals surface area (Å²) in [4.78, 5) is 42.8. The van der Waals surface area contributed by atoms with E-state index in [0.29, 0.717) is 18.7 Å². The van der Waals surface area contributed by atoms with E-state index in [1.54, 1.807) is 0 Å². The maximum absolute atomic E-state index is 13.9. The Hall–Kier alpha value is -3.23. The highest BCUT2D eigenvalue weighted by Gasteiger charge is 2.79. The van der Waals surface area contributed by atoms with Gasteiger partial charge in [0.15, 0.2) is 0 Å². The second-order valence-electron chi connectivity index (χ2n) is 11.0. The third kappa shape index (κ3) is 3.94. The molecule has 0 aliphatic carbocycles. The Balaban J connectivity index is 1.49. The van der Waals surface area contributed by atoms with Crippen LogP contribution in [-0.2, 0) is 25.7 Å². The molecule has 2 aromatic carbocycles. The molecule has 8 nitrogen and oxygen atoms in total. The number of β-amino-alcohol motifs (C(OH)–C–C–N with tert-alkyl or cyclic N) is 1. The number of amides is 3. The van der Waals surface area contributed by atoms with Crippen molar-refractivity contribution >= 4 is 23.4 Å². The second kappa shape index (κ2) is 9.26. The first kappa shape index (κ1) is 25.4. The maximum atomic E-state index is 13.9. The van der Waals surface area contributed by atoms with E-state index in [2.05, 4.69) is 10.6 Å². The average Bonchev–Trinajstić information content (AvgIpc) is 3.37. The van der Waals surface area contributed by atoms with Gasteiger partial charge in [-0.15, -0.1) is 0 Å². The zero-order valence-corrected chi connectivity index (χ0v) is 21.8.